The van der Waals surface area contributed by atoms with E-state index in [1.54, 1.807) is 36.4 Å². The maximum atomic E-state index is 12.5. The Hall–Kier alpha value is -2.58. The highest BCUT2D eigenvalue weighted by Crippen LogP contribution is 2.17. The van der Waals surface area contributed by atoms with Crippen LogP contribution >= 0.6 is 0 Å². The van der Waals surface area contributed by atoms with Crippen LogP contribution in [0.3, 0.4) is 0 Å². The van der Waals surface area contributed by atoms with E-state index < -0.39 is 16.0 Å². The molecule has 0 aliphatic rings. The number of ether oxygens (including phenoxy) is 3. The van der Waals surface area contributed by atoms with Crippen LogP contribution in [-0.2, 0) is 19.6 Å². The average molecular weight is 407 g/mol. The molecule has 0 fully saturated rings. The van der Waals surface area contributed by atoms with E-state index >= 15 is 0 Å². The molecule has 0 bridgehead atoms. The number of nitrogens with zero attached hydrogens (tertiary/aromatic N) is 1. The van der Waals surface area contributed by atoms with Crippen LogP contribution < -0.4 is 9.47 Å². The van der Waals surface area contributed by atoms with Crippen molar-refractivity contribution in [3.05, 3.63) is 54.1 Å². The summed E-state index contributed by atoms with van der Waals surface area (Å²) in [5, 5.41) is 0. The summed E-state index contributed by atoms with van der Waals surface area (Å²) in [5.74, 6) is 0.728. The highest BCUT2D eigenvalue weighted by atomic mass is 32.2. The third kappa shape index (κ3) is 6.24. The third-order valence-electron chi connectivity index (χ3n) is 3.83. The van der Waals surface area contributed by atoms with Gasteiger partial charge >= 0.3 is 5.97 Å². The molecule has 28 heavy (non-hydrogen) atoms. The number of aryl methyl sites for hydroxylation is 1. The Kier molecular flexibility index (Phi) is 7.83. The van der Waals surface area contributed by atoms with Gasteiger partial charge in [-0.3, -0.25) is 4.79 Å². The second-order valence-corrected chi connectivity index (χ2v) is 8.09. The maximum Gasteiger partial charge on any atom is 0.321 e. The number of likely N-dealkylation sites (N-methyl/N-ethyl adjacent to an activating group) is 1. The van der Waals surface area contributed by atoms with Gasteiger partial charge in [-0.15, -0.1) is 0 Å². The topological polar surface area (TPSA) is 82.1 Å². The number of carbonyl (C=O) groups is 1. The normalized spacial score (nSPS) is 11.3. The van der Waals surface area contributed by atoms with Gasteiger partial charge < -0.3 is 14.2 Å². The molecule has 0 aliphatic heterocycles. The van der Waals surface area contributed by atoms with Gasteiger partial charge in [0.2, 0.25) is 10.0 Å². The molecule has 2 aromatic rings. The van der Waals surface area contributed by atoms with Gasteiger partial charge in [-0.25, -0.2) is 8.42 Å². The third-order valence-corrected chi connectivity index (χ3v) is 5.65. The van der Waals surface area contributed by atoms with Crippen molar-refractivity contribution in [2.24, 2.45) is 0 Å². The second-order valence-electron chi connectivity index (χ2n) is 6.05. The number of sulfonamides is 1. The molecular formula is C20H25NO6S. The first kappa shape index (κ1) is 21.7. The van der Waals surface area contributed by atoms with Crippen LogP contribution in [0, 0.1) is 6.92 Å². The van der Waals surface area contributed by atoms with E-state index in [4.69, 9.17) is 14.2 Å². The highest BCUT2D eigenvalue weighted by molar-refractivity contribution is 7.89. The quantitative estimate of drug-likeness (QED) is 0.445. The Labute approximate surface area is 165 Å². The van der Waals surface area contributed by atoms with Crippen molar-refractivity contribution in [3.8, 4) is 11.5 Å². The second kappa shape index (κ2) is 10.1. The minimum Gasteiger partial charge on any atom is -0.494 e. The van der Waals surface area contributed by atoms with Crippen LogP contribution in [0.15, 0.2) is 53.4 Å². The van der Waals surface area contributed by atoms with Gasteiger partial charge in [-0.1, -0.05) is 17.7 Å². The van der Waals surface area contributed by atoms with E-state index in [-0.39, 0.29) is 24.7 Å². The molecule has 0 unspecified atom stereocenters. The van der Waals surface area contributed by atoms with Crippen LogP contribution in [0.25, 0.3) is 0 Å². The van der Waals surface area contributed by atoms with E-state index in [0.29, 0.717) is 12.4 Å². The lowest BCUT2D eigenvalue weighted by atomic mass is 10.2. The van der Waals surface area contributed by atoms with Gasteiger partial charge in [0.25, 0.3) is 0 Å². The first-order valence-corrected chi connectivity index (χ1v) is 10.3. The number of rotatable bonds is 10. The lowest BCUT2D eigenvalue weighted by molar-refractivity contribution is -0.144. The molecule has 2 aromatic carbocycles. The maximum absolute atomic E-state index is 12.5. The fourth-order valence-electron chi connectivity index (χ4n) is 2.32. The SMILES string of the molecule is CCOc1ccc(OCCOC(=O)CN(C)S(=O)(=O)c2ccc(C)cc2)cc1. The van der Waals surface area contributed by atoms with E-state index in [9.17, 15) is 13.2 Å². The van der Waals surface area contributed by atoms with Crippen molar-refractivity contribution >= 4 is 16.0 Å². The molecular weight excluding hydrogens is 382 g/mol. The Morgan fingerprint density at radius 3 is 2.07 bits per heavy atom. The summed E-state index contributed by atoms with van der Waals surface area (Å²) in [7, 11) is -2.40. The number of carbonyl (C=O) groups excluding carboxylic acids is 1. The van der Waals surface area contributed by atoms with Crippen molar-refractivity contribution in [2.75, 3.05) is 33.4 Å². The van der Waals surface area contributed by atoms with Gasteiger partial charge in [0.1, 0.15) is 31.3 Å². The molecule has 0 N–H and O–H groups in total. The molecule has 0 heterocycles. The van der Waals surface area contributed by atoms with Crippen LogP contribution in [0.5, 0.6) is 11.5 Å². The molecule has 0 amide bonds. The zero-order valence-electron chi connectivity index (χ0n) is 16.3. The molecule has 0 aliphatic carbocycles. The first-order chi connectivity index (χ1) is 13.3. The minimum absolute atomic E-state index is 0.0183. The molecule has 0 spiro atoms. The van der Waals surface area contributed by atoms with Crippen molar-refractivity contribution < 1.29 is 27.4 Å². The summed E-state index contributed by atoms with van der Waals surface area (Å²) < 4.78 is 41.7. The Morgan fingerprint density at radius 2 is 1.50 bits per heavy atom. The van der Waals surface area contributed by atoms with Crippen LogP contribution in [0.4, 0.5) is 0 Å². The van der Waals surface area contributed by atoms with Crippen LogP contribution in [-0.4, -0.2) is 52.1 Å². The summed E-state index contributed by atoms with van der Waals surface area (Å²) in [5.41, 5.74) is 0.952. The summed E-state index contributed by atoms with van der Waals surface area (Å²) in [4.78, 5) is 12.0. The largest absolute Gasteiger partial charge is 0.494 e. The zero-order valence-corrected chi connectivity index (χ0v) is 17.1. The monoisotopic (exact) mass is 407 g/mol. The van der Waals surface area contributed by atoms with Crippen LogP contribution in [0.2, 0.25) is 0 Å². The summed E-state index contributed by atoms with van der Waals surface area (Å²) in [6.07, 6.45) is 0. The number of esters is 1. The smallest absolute Gasteiger partial charge is 0.321 e. The Balaban J connectivity index is 1.76. The van der Waals surface area contributed by atoms with Crippen LogP contribution in [0.1, 0.15) is 12.5 Å². The van der Waals surface area contributed by atoms with Gasteiger partial charge in [0, 0.05) is 7.05 Å². The fraction of sp³-hybridized carbons (Fsp3) is 0.350. The lowest BCUT2D eigenvalue weighted by Crippen LogP contribution is -2.33. The standard InChI is InChI=1S/C20H25NO6S/c1-4-25-17-7-9-18(10-8-17)26-13-14-27-20(22)15-21(3)28(23,24)19-11-5-16(2)6-12-19/h5-12H,4,13-15H2,1-3H3. The molecule has 8 heteroatoms. The van der Waals surface area contributed by atoms with Crippen molar-refractivity contribution in [1.29, 1.82) is 0 Å². The fourth-order valence-corrected chi connectivity index (χ4v) is 3.43. The number of hydrogen-bond donors (Lipinski definition) is 0. The van der Waals surface area contributed by atoms with Crippen molar-refractivity contribution in [1.82, 2.24) is 4.31 Å². The molecule has 152 valence electrons. The first-order valence-electron chi connectivity index (χ1n) is 8.87. The van der Waals surface area contributed by atoms with E-state index in [2.05, 4.69) is 0 Å². The predicted molar refractivity (Wildman–Crippen MR) is 105 cm³/mol. The summed E-state index contributed by atoms with van der Waals surface area (Å²) >= 11 is 0. The lowest BCUT2D eigenvalue weighted by Gasteiger charge is -2.16. The van der Waals surface area contributed by atoms with Gasteiger partial charge in [0.05, 0.1) is 11.5 Å². The molecule has 0 atom stereocenters. The molecule has 7 nitrogen and oxygen atoms in total. The van der Waals surface area contributed by atoms with Gasteiger partial charge in [-0.05, 0) is 50.2 Å². The molecule has 0 aromatic heterocycles. The van der Waals surface area contributed by atoms with E-state index in [1.807, 2.05) is 13.8 Å². The Morgan fingerprint density at radius 1 is 0.929 bits per heavy atom. The average Bonchev–Trinajstić information content (AvgIpc) is 2.67. The summed E-state index contributed by atoms with van der Waals surface area (Å²) in [6, 6.07) is 13.5. The predicted octanol–water partition coefficient (Wildman–Crippen LogP) is 2.64. The van der Waals surface area contributed by atoms with Gasteiger partial charge in [0.15, 0.2) is 0 Å². The summed E-state index contributed by atoms with van der Waals surface area (Å²) in [6.45, 7) is 4.16. The van der Waals surface area contributed by atoms with Gasteiger partial charge in [-0.2, -0.15) is 4.31 Å². The van der Waals surface area contributed by atoms with Crippen molar-refractivity contribution in [2.45, 2.75) is 18.7 Å². The zero-order chi connectivity index (χ0) is 20.6. The minimum atomic E-state index is -3.74. The molecule has 0 radical (unpaired) electrons. The highest BCUT2D eigenvalue weighted by Gasteiger charge is 2.23. The molecule has 2 rings (SSSR count). The molecule has 0 saturated carbocycles. The number of benzene rings is 2. The Bertz CT molecular complexity index is 863. The number of hydrogen-bond acceptors (Lipinski definition) is 6. The molecule has 0 saturated heterocycles. The van der Waals surface area contributed by atoms with Crippen molar-refractivity contribution in [3.63, 3.8) is 0 Å². The van der Waals surface area contributed by atoms with E-state index in [1.165, 1.54) is 19.2 Å². The van der Waals surface area contributed by atoms with E-state index in [0.717, 1.165) is 15.6 Å².